The number of fused-ring (bicyclic) bond motifs is 1. The van der Waals surface area contributed by atoms with Crippen molar-refractivity contribution in [2.45, 2.75) is 11.8 Å². The summed E-state index contributed by atoms with van der Waals surface area (Å²) in [6.45, 7) is -0.446. The monoisotopic (exact) mass is 483 g/mol. The van der Waals surface area contributed by atoms with Crippen LogP contribution in [0.3, 0.4) is 0 Å². The zero-order chi connectivity index (χ0) is 23.0. The average molecular weight is 483 g/mol. The molecule has 15 heteroatoms. The molecular weight excluding hydrogens is 469 g/mol. The van der Waals surface area contributed by atoms with Gasteiger partial charge in [-0.1, -0.05) is 23.4 Å². The summed E-state index contributed by atoms with van der Waals surface area (Å²) in [4.78, 5) is 63.8. The van der Waals surface area contributed by atoms with Crippen molar-refractivity contribution in [3.63, 3.8) is 0 Å². The molecule has 0 spiro atoms. The van der Waals surface area contributed by atoms with Gasteiger partial charge < -0.3 is 30.5 Å². The molecule has 0 radical (unpaired) electrons. The molecule has 0 bridgehead atoms. The van der Waals surface area contributed by atoms with Crippen LogP contribution in [0.15, 0.2) is 34.8 Å². The number of nitrogen functional groups attached to an aromatic ring is 1. The standard InChI is InChI=1S/C18H15N5O8S.Na/c1-29-22-12(11-7-32-17(19)21-11)13(24)20-10-6-30-23(14(10)25)18(16(27)28)9-5-3-2-4-8(9)15(26)31-18;/h2-5,7,10H,6H2,1H3,(H2,19,21)(H,20,24)(H,27,28);/q;+1/p-1/b22-12-;/t10-,18?;/m0./s1. The van der Waals surface area contributed by atoms with E-state index in [1.54, 1.807) is 0 Å². The van der Waals surface area contributed by atoms with E-state index in [1.807, 2.05) is 0 Å². The summed E-state index contributed by atoms with van der Waals surface area (Å²) >= 11 is 1.06. The van der Waals surface area contributed by atoms with E-state index in [9.17, 15) is 24.3 Å². The number of nitrogens with two attached hydrogens (primary N) is 1. The number of hydrogen-bond acceptors (Lipinski definition) is 12. The Morgan fingerprint density at radius 3 is 2.76 bits per heavy atom. The van der Waals surface area contributed by atoms with Crippen LogP contribution in [0.5, 0.6) is 0 Å². The second-order valence-corrected chi connectivity index (χ2v) is 7.40. The minimum atomic E-state index is -2.64. The summed E-state index contributed by atoms with van der Waals surface area (Å²) in [7, 11) is 1.21. The van der Waals surface area contributed by atoms with Crippen molar-refractivity contribution < 1.29 is 68.3 Å². The first kappa shape index (κ1) is 24.6. The van der Waals surface area contributed by atoms with Crippen molar-refractivity contribution in [3.05, 3.63) is 46.5 Å². The first-order valence-corrected chi connectivity index (χ1v) is 9.82. The van der Waals surface area contributed by atoms with Crippen LogP contribution in [-0.4, -0.2) is 59.3 Å². The minimum absolute atomic E-state index is 0. The van der Waals surface area contributed by atoms with E-state index in [4.69, 9.17) is 15.3 Å². The number of carboxylic acids is 1. The van der Waals surface area contributed by atoms with E-state index in [0.29, 0.717) is 5.06 Å². The Balaban J connectivity index is 0.00000306. The van der Waals surface area contributed by atoms with Crippen molar-refractivity contribution in [3.8, 4) is 0 Å². The van der Waals surface area contributed by atoms with Gasteiger partial charge in [0.25, 0.3) is 17.5 Å². The van der Waals surface area contributed by atoms with E-state index in [0.717, 1.165) is 11.3 Å². The number of hydroxylamine groups is 2. The number of carbonyl (C=O) groups is 4. The van der Waals surface area contributed by atoms with E-state index in [2.05, 4.69) is 20.3 Å². The van der Waals surface area contributed by atoms with E-state index < -0.39 is 42.1 Å². The number of cyclic esters (lactones) is 1. The van der Waals surface area contributed by atoms with Crippen molar-refractivity contribution >= 4 is 45.9 Å². The number of carboxylic acid groups (broad SMARTS) is 1. The second kappa shape index (κ2) is 9.44. The number of aromatic nitrogens is 1. The normalized spacial score (nSPS) is 21.8. The number of ether oxygens (including phenoxy) is 1. The van der Waals surface area contributed by atoms with E-state index in [1.165, 1.54) is 36.8 Å². The summed E-state index contributed by atoms with van der Waals surface area (Å²) in [5.74, 6) is -4.70. The third kappa shape index (κ3) is 4.06. The van der Waals surface area contributed by atoms with Crippen molar-refractivity contribution in [2.24, 2.45) is 5.16 Å². The van der Waals surface area contributed by atoms with Gasteiger partial charge in [0.1, 0.15) is 31.4 Å². The van der Waals surface area contributed by atoms with Crippen LogP contribution in [-0.2, 0) is 34.5 Å². The first-order valence-electron chi connectivity index (χ1n) is 8.94. The third-order valence-corrected chi connectivity index (χ3v) is 5.33. The zero-order valence-electron chi connectivity index (χ0n) is 17.3. The summed E-state index contributed by atoms with van der Waals surface area (Å²) < 4.78 is 5.05. The van der Waals surface area contributed by atoms with Crippen LogP contribution in [0.25, 0.3) is 0 Å². The van der Waals surface area contributed by atoms with Gasteiger partial charge in [0, 0.05) is 10.9 Å². The van der Waals surface area contributed by atoms with Gasteiger partial charge in [0.15, 0.2) is 10.8 Å². The predicted molar refractivity (Wildman–Crippen MR) is 103 cm³/mol. The molecule has 2 aliphatic heterocycles. The Bertz CT molecular complexity index is 1170. The van der Waals surface area contributed by atoms with Crippen LogP contribution in [0, 0.1) is 0 Å². The molecule has 1 aromatic carbocycles. The fourth-order valence-electron chi connectivity index (χ4n) is 3.28. The minimum Gasteiger partial charge on any atom is -0.544 e. The van der Waals surface area contributed by atoms with Crippen LogP contribution in [0.4, 0.5) is 5.13 Å². The molecule has 1 unspecified atom stereocenters. The molecule has 0 saturated carbocycles. The molecule has 33 heavy (non-hydrogen) atoms. The van der Waals surface area contributed by atoms with E-state index in [-0.39, 0.29) is 57.2 Å². The number of esters is 1. The van der Waals surface area contributed by atoms with Crippen LogP contribution < -0.4 is 45.7 Å². The van der Waals surface area contributed by atoms with Gasteiger partial charge in [-0.25, -0.2) is 9.78 Å². The second-order valence-electron chi connectivity index (χ2n) is 6.51. The number of benzene rings is 1. The quantitative estimate of drug-likeness (QED) is 0.175. The number of nitrogens with zero attached hydrogens (tertiary/aromatic N) is 3. The smallest absolute Gasteiger partial charge is 0.544 e. The molecule has 3 heterocycles. The van der Waals surface area contributed by atoms with Crippen LogP contribution >= 0.6 is 11.3 Å². The van der Waals surface area contributed by atoms with Gasteiger partial charge in [-0.3, -0.25) is 14.4 Å². The predicted octanol–water partition coefficient (Wildman–Crippen LogP) is -4.89. The Kier molecular flexibility index (Phi) is 7.04. The summed E-state index contributed by atoms with van der Waals surface area (Å²) in [5, 5.41) is 20.1. The molecule has 13 nitrogen and oxygen atoms in total. The fraction of sp³-hybridized carbons (Fsp3) is 0.222. The van der Waals surface area contributed by atoms with Gasteiger partial charge in [-0.15, -0.1) is 11.3 Å². The molecule has 2 aromatic rings. The summed E-state index contributed by atoms with van der Waals surface area (Å²) in [5.41, 5.74) is 2.59. The van der Waals surface area contributed by atoms with Gasteiger partial charge in [-0.05, 0) is 6.07 Å². The van der Waals surface area contributed by atoms with Gasteiger partial charge in [-0.2, -0.15) is 5.06 Å². The Morgan fingerprint density at radius 1 is 1.39 bits per heavy atom. The molecule has 2 aliphatic rings. The maximum atomic E-state index is 13.0. The number of nitrogens with one attached hydrogen (secondary N) is 1. The van der Waals surface area contributed by atoms with Gasteiger partial charge in [0.2, 0.25) is 0 Å². The number of aliphatic carboxylic acids is 1. The van der Waals surface area contributed by atoms with Crippen LogP contribution in [0.2, 0.25) is 0 Å². The number of hydrogen-bond donors (Lipinski definition) is 2. The number of rotatable bonds is 6. The Labute approximate surface area is 211 Å². The average Bonchev–Trinajstić information content (AvgIpc) is 3.43. The SMILES string of the molecule is CO/N=C(\C(=O)N[C@H]1CON(C2(C(=O)[O-])OC(=O)c3ccccc32)C1=O)c1csc(N)n1.[Na+]. The van der Waals surface area contributed by atoms with E-state index >= 15 is 0 Å². The maximum absolute atomic E-state index is 13.0. The Morgan fingerprint density at radius 2 is 2.12 bits per heavy atom. The molecule has 2 atom stereocenters. The number of oxime groups is 1. The molecule has 0 aliphatic carbocycles. The molecule has 1 fully saturated rings. The number of thiazole rings is 1. The molecule has 3 N–H and O–H groups in total. The fourth-order valence-corrected chi connectivity index (χ4v) is 3.83. The summed E-state index contributed by atoms with van der Waals surface area (Å²) in [6, 6.07) is 4.28. The van der Waals surface area contributed by atoms with Gasteiger partial charge in [0.05, 0.1) is 5.56 Å². The summed E-state index contributed by atoms with van der Waals surface area (Å²) in [6.07, 6.45) is 0. The maximum Gasteiger partial charge on any atom is 1.00 e. The van der Waals surface area contributed by atoms with Crippen molar-refractivity contribution in [1.29, 1.82) is 0 Å². The molecular formula is C18H14N5NaO8S. The largest absolute Gasteiger partial charge is 1.00 e. The Hall–Kier alpha value is -3.04. The molecule has 166 valence electrons. The third-order valence-electron chi connectivity index (χ3n) is 4.65. The van der Waals surface area contributed by atoms with Crippen LogP contribution in [0.1, 0.15) is 21.6 Å². The number of anilines is 1. The molecule has 1 aromatic heterocycles. The topological polar surface area (TPSA) is 186 Å². The zero-order valence-corrected chi connectivity index (χ0v) is 20.1. The molecule has 2 amide bonds. The number of amides is 2. The van der Waals surface area contributed by atoms with Crippen molar-refractivity contribution in [1.82, 2.24) is 15.4 Å². The van der Waals surface area contributed by atoms with Gasteiger partial charge >= 0.3 is 35.5 Å². The first-order chi connectivity index (χ1) is 15.3. The number of carbonyl (C=O) groups excluding carboxylic acids is 4. The van der Waals surface area contributed by atoms with Crippen molar-refractivity contribution in [2.75, 3.05) is 19.5 Å². The molecule has 1 saturated heterocycles. The molecule has 4 rings (SSSR count).